The molecule has 0 saturated carbocycles. The number of hydrogen-bond donors (Lipinski definition) is 0. The Morgan fingerprint density at radius 1 is 0.367 bits per heavy atom. The van der Waals surface area contributed by atoms with Crippen molar-refractivity contribution in [2.75, 3.05) is 0 Å². The largest absolute Gasteiger partial charge is 0.277 e. The van der Waals surface area contributed by atoms with Gasteiger partial charge in [0.15, 0.2) is 11.6 Å². The summed E-state index contributed by atoms with van der Waals surface area (Å²) in [6.45, 7) is 0. The fraction of sp³-hybridized carbons (Fsp3) is 0.0179. The molecule has 2 aliphatic carbocycles. The van der Waals surface area contributed by atoms with Gasteiger partial charge in [-0.3, -0.25) is 4.57 Å². The number of rotatable bonds is 4. The SMILES string of the molecule is c1ccc(-c2ccc3c(c2)C2(c4ccccc4-c4ccccc42)c2c-3c3ccccc3c3c4ccccc4n(-c4nc(-c5ccccc5)nc(-c5ccccc5)n4)c23)cc1. The van der Waals surface area contributed by atoms with Crippen LogP contribution in [0.4, 0.5) is 0 Å². The molecule has 13 rings (SSSR count). The Morgan fingerprint density at radius 2 is 0.883 bits per heavy atom. The highest BCUT2D eigenvalue weighted by atomic mass is 15.2. The van der Waals surface area contributed by atoms with Gasteiger partial charge in [-0.15, -0.1) is 0 Å². The van der Waals surface area contributed by atoms with Gasteiger partial charge in [-0.25, -0.2) is 4.98 Å². The summed E-state index contributed by atoms with van der Waals surface area (Å²) in [6.07, 6.45) is 0. The second-order valence-corrected chi connectivity index (χ2v) is 15.9. The maximum absolute atomic E-state index is 5.42. The Balaban J connectivity index is 1.26. The minimum Gasteiger partial charge on any atom is -0.277 e. The van der Waals surface area contributed by atoms with Crippen LogP contribution in [0.5, 0.6) is 0 Å². The number of fused-ring (bicyclic) bond motifs is 17. The summed E-state index contributed by atoms with van der Waals surface area (Å²) >= 11 is 0. The average molecular weight is 763 g/mol. The van der Waals surface area contributed by atoms with Crippen LogP contribution in [-0.4, -0.2) is 19.5 Å². The Kier molecular flexibility index (Phi) is 6.90. The fourth-order valence-electron chi connectivity index (χ4n) is 10.5. The predicted molar refractivity (Wildman–Crippen MR) is 244 cm³/mol. The van der Waals surface area contributed by atoms with Gasteiger partial charge in [0.2, 0.25) is 5.95 Å². The zero-order valence-electron chi connectivity index (χ0n) is 32.4. The third-order valence-electron chi connectivity index (χ3n) is 12.8. The maximum atomic E-state index is 5.42. The van der Waals surface area contributed by atoms with Gasteiger partial charge in [-0.1, -0.05) is 194 Å². The number of aromatic nitrogens is 4. The minimum absolute atomic E-state index is 0.585. The third kappa shape index (κ3) is 4.42. The van der Waals surface area contributed by atoms with Crippen molar-refractivity contribution in [1.29, 1.82) is 0 Å². The Hall–Kier alpha value is -7.95. The second-order valence-electron chi connectivity index (χ2n) is 15.9. The van der Waals surface area contributed by atoms with E-state index in [4.69, 9.17) is 15.0 Å². The van der Waals surface area contributed by atoms with E-state index in [-0.39, 0.29) is 0 Å². The van der Waals surface area contributed by atoms with Crippen molar-refractivity contribution >= 4 is 32.6 Å². The van der Waals surface area contributed by atoms with Crippen molar-refractivity contribution < 1.29 is 0 Å². The standard InChI is InChI=1S/C56H34N4/c1-4-18-35(19-5-1)38-32-33-43-47(34-38)56(45-29-15-12-24-39(45)40-25-13-16-30-46(40)56)51-49(43)41-26-10-11-27-42(41)50-44-28-14-17-31-48(44)60(52(50)51)55-58-53(36-20-6-2-7-21-36)57-54(59-55)37-22-8-3-9-23-37/h1-34H. The van der Waals surface area contributed by atoms with E-state index in [2.05, 4.69) is 174 Å². The van der Waals surface area contributed by atoms with E-state index in [0.717, 1.165) is 27.5 Å². The van der Waals surface area contributed by atoms with Crippen molar-refractivity contribution in [3.05, 3.63) is 229 Å². The summed E-state index contributed by atoms with van der Waals surface area (Å²) in [5.41, 5.74) is 15.9. The van der Waals surface area contributed by atoms with Crippen molar-refractivity contribution in [3.63, 3.8) is 0 Å². The second kappa shape index (κ2) is 12.5. The Labute approximate surface area is 346 Å². The number of para-hydroxylation sites is 1. The summed E-state index contributed by atoms with van der Waals surface area (Å²) in [4.78, 5) is 16.0. The highest BCUT2D eigenvalue weighted by molar-refractivity contribution is 6.27. The van der Waals surface area contributed by atoms with Gasteiger partial charge in [0.25, 0.3) is 0 Å². The molecule has 60 heavy (non-hydrogen) atoms. The van der Waals surface area contributed by atoms with Crippen LogP contribution in [0.3, 0.4) is 0 Å². The topological polar surface area (TPSA) is 43.6 Å². The zero-order chi connectivity index (χ0) is 39.4. The molecule has 0 fully saturated rings. The quantitative estimate of drug-likeness (QED) is 0.179. The van der Waals surface area contributed by atoms with Crippen LogP contribution in [0.15, 0.2) is 206 Å². The molecular weight excluding hydrogens is 729 g/mol. The zero-order valence-corrected chi connectivity index (χ0v) is 32.4. The van der Waals surface area contributed by atoms with Crippen LogP contribution in [0.25, 0.3) is 94.7 Å². The van der Waals surface area contributed by atoms with E-state index in [0.29, 0.717) is 17.6 Å². The minimum atomic E-state index is -0.658. The van der Waals surface area contributed by atoms with Crippen molar-refractivity contribution in [3.8, 4) is 62.1 Å². The van der Waals surface area contributed by atoms with Gasteiger partial charge in [0.05, 0.1) is 16.4 Å². The van der Waals surface area contributed by atoms with Crippen LogP contribution in [-0.2, 0) is 5.41 Å². The Morgan fingerprint density at radius 3 is 1.52 bits per heavy atom. The summed E-state index contributed by atoms with van der Waals surface area (Å²) in [5.74, 6) is 1.84. The molecule has 2 aliphatic rings. The predicted octanol–water partition coefficient (Wildman–Crippen LogP) is 13.5. The first-order valence-electron chi connectivity index (χ1n) is 20.5. The molecule has 0 atom stereocenters. The maximum Gasteiger partial charge on any atom is 0.238 e. The van der Waals surface area contributed by atoms with E-state index in [9.17, 15) is 0 Å². The molecule has 1 spiro atoms. The summed E-state index contributed by atoms with van der Waals surface area (Å²) in [7, 11) is 0. The van der Waals surface area contributed by atoms with Gasteiger partial charge in [-0.05, 0) is 73.0 Å². The molecule has 0 unspecified atom stereocenters. The lowest BCUT2D eigenvalue weighted by atomic mass is 9.69. The molecular formula is C56H34N4. The molecule has 0 radical (unpaired) electrons. The lowest BCUT2D eigenvalue weighted by molar-refractivity contribution is 0.795. The fourth-order valence-corrected chi connectivity index (χ4v) is 10.5. The molecule has 4 heteroatoms. The lowest BCUT2D eigenvalue weighted by Gasteiger charge is -2.32. The molecule has 2 aromatic heterocycles. The van der Waals surface area contributed by atoms with Gasteiger partial charge >= 0.3 is 0 Å². The van der Waals surface area contributed by atoms with Crippen LogP contribution >= 0.6 is 0 Å². The molecule has 9 aromatic carbocycles. The van der Waals surface area contributed by atoms with Gasteiger partial charge in [-0.2, -0.15) is 9.97 Å². The van der Waals surface area contributed by atoms with Gasteiger partial charge in [0.1, 0.15) is 0 Å². The molecule has 0 aliphatic heterocycles. The lowest BCUT2D eigenvalue weighted by Crippen LogP contribution is -2.27. The molecule has 0 saturated heterocycles. The van der Waals surface area contributed by atoms with Gasteiger partial charge in [0, 0.05) is 27.5 Å². The molecule has 0 N–H and O–H groups in total. The van der Waals surface area contributed by atoms with Crippen molar-refractivity contribution in [2.24, 2.45) is 0 Å². The van der Waals surface area contributed by atoms with Crippen LogP contribution in [0, 0.1) is 0 Å². The monoisotopic (exact) mass is 762 g/mol. The first-order valence-corrected chi connectivity index (χ1v) is 20.5. The summed E-state index contributed by atoms with van der Waals surface area (Å²) < 4.78 is 2.35. The van der Waals surface area contributed by atoms with Crippen LogP contribution in [0.2, 0.25) is 0 Å². The van der Waals surface area contributed by atoms with Crippen LogP contribution < -0.4 is 0 Å². The molecule has 278 valence electrons. The van der Waals surface area contributed by atoms with Crippen LogP contribution in [0.1, 0.15) is 22.3 Å². The van der Waals surface area contributed by atoms with E-state index in [1.54, 1.807) is 0 Å². The molecule has 2 heterocycles. The normalized spacial score (nSPS) is 13.1. The van der Waals surface area contributed by atoms with Crippen molar-refractivity contribution in [2.45, 2.75) is 5.41 Å². The molecule has 0 bridgehead atoms. The smallest absolute Gasteiger partial charge is 0.238 e. The molecule has 0 amide bonds. The summed E-state index contributed by atoms with van der Waals surface area (Å²) in [6, 6.07) is 74.4. The highest BCUT2D eigenvalue weighted by Gasteiger charge is 2.54. The van der Waals surface area contributed by atoms with Crippen molar-refractivity contribution in [1.82, 2.24) is 19.5 Å². The first-order chi connectivity index (χ1) is 29.8. The number of benzene rings is 9. The number of nitrogens with zero attached hydrogens (tertiary/aromatic N) is 4. The molecule has 11 aromatic rings. The average Bonchev–Trinajstić information content (AvgIpc) is 3.94. The van der Waals surface area contributed by atoms with E-state index in [1.165, 1.54) is 71.8 Å². The Bertz CT molecular complexity index is 3430. The number of hydrogen-bond acceptors (Lipinski definition) is 3. The summed E-state index contributed by atoms with van der Waals surface area (Å²) in [5, 5.41) is 4.79. The molecule has 4 nitrogen and oxygen atoms in total. The van der Waals surface area contributed by atoms with E-state index >= 15 is 0 Å². The first kappa shape index (κ1) is 33.1. The third-order valence-corrected chi connectivity index (χ3v) is 12.8. The highest BCUT2D eigenvalue weighted by Crippen LogP contribution is 2.66. The van der Waals surface area contributed by atoms with E-state index in [1.807, 2.05) is 36.4 Å². The van der Waals surface area contributed by atoms with Gasteiger partial charge < -0.3 is 0 Å². The van der Waals surface area contributed by atoms with E-state index < -0.39 is 5.41 Å².